The molecule has 3 aromatic carbocycles. The van der Waals surface area contributed by atoms with Gasteiger partial charge in [-0.3, -0.25) is 24.2 Å². The number of piperazine rings is 1. The molecule has 1 fully saturated rings. The summed E-state index contributed by atoms with van der Waals surface area (Å²) in [5, 5.41) is 14.1. The summed E-state index contributed by atoms with van der Waals surface area (Å²) in [6.45, 7) is 5.17. The molecule has 4 aliphatic rings. The Morgan fingerprint density at radius 2 is 1.77 bits per heavy atom. The van der Waals surface area contributed by atoms with Crippen molar-refractivity contribution in [3.05, 3.63) is 75.3 Å². The smallest absolute Gasteiger partial charge is 0.326 e. The van der Waals surface area contributed by atoms with E-state index in [9.17, 15) is 19.6 Å². The van der Waals surface area contributed by atoms with Crippen molar-refractivity contribution in [3.63, 3.8) is 0 Å². The van der Waals surface area contributed by atoms with Gasteiger partial charge in [0.05, 0.1) is 25.3 Å². The first kappa shape index (κ1) is 35.6. The Bertz CT molecular complexity index is 1980. The zero-order valence-electron chi connectivity index (χ0n) is 29.8. The van der Waals surface area contributed by atoms with E-state index in [0.717, 1.165) is 22.3 Å². The summed E-state index contributed by atoms with van der Waals surface area (Å²) in [6, 6.07) is 12.2. The predicted molar refractivity (Wildman–Crippen MR) is 190 cm³/mol. The average Bonchev–Trinajstić information content (AvgIpc) is 3.62. The Kier molecular flexibility index (Phi) is 9.78. The van der Waals surface area contributed by atoms with Gasteiger partial charge in [0, 0.05) is 54.2 Å². The largest absolute Gasteiger partial charge is 0.493 e. The fourth-order valence-corrected chi connectivity index (χ4v) is 8.79. The van der Waals surface area contributed by atoms with Gasteiger partial charge in [-0.1, -0.05) is 36.4 Å². The summed E-state index contributed by atoms with van der Waals surface area (Å²) in [5.41, 5.74) is 5.62. The summed E-state index contributed by atoms with van der Waals surface area (Å²) in [4.78, 5) is 43.2. The van der Waals surface area contributed by atoms with Gasteiger partial charge >= 0.3 is 11.9 Å². The molecule has 13 heteroatoms. The molecule has 2 bridgehead atoms. The number of nitrogens with one attached hydrogen (secondary N) is 1. The van der Waals surface area contributed by atoms with E-state index in [1.54, 1.807) is 14.0 Å². The number of alkyl halides is 1. The van der Waals surface area contributed by atoms with Crippen molar-refractivity contribution < 1.29 is 38.1 Å². The van der Waals surface area contributed by atoms with E-state index in [2.05, 4.69) is 27.3 Å². The fourth-order valence-electron chi connectivity index (χ4n) is 8.73. The van der Waals surface area contributed by atoms with Crippen LogP contribution in [0.3, 0.4) is 0 Å². The summed E-state index contributed by atoms with van der Waals surface area (Å²) < 4.78 is 29.8. The van der Waals surface area contributed by atoms with Gasteiger partial charge < -0.3 is 29.0 Å². The number of fused-ring (bicyclic) bond motifs is 9. The molecule has 1 amide bonds. The Morgan fingerprint density at radius 1 is 1.02 bits per heavy atom. The molecule has 5 atom stereocenters. The minimum atomic E-state index is -0.630. The molecule has 0 radical (unpaired) electrons. The number of nitriles is 1. The number of likely N-dealkylation sites (N-methyl/N-ethyl adjacent to an activating group) is 1. The Labute approximate surface area is 307 Å². The Morgan fingerprint density at radius 3 is 2.46 bits per heavy atom. The fraction of sp³-hybridized carbons (Fsp3) is 0.436. The molecule has 52 heavy (non-hydrogen) atoms. The van der Waals surface area contributed by atoms with E-state index in [4.69, 9.17) is 35.3 Å². The first-order valence-electron chi connectivity index (χ1n) is 17.4. The maximum absolute atomic E-state index is 13.5. The second-order valence-corrected chi connectivity index (χ2v) is 14.0. The lowest BCUT2D eigenvalue weighted by Crippen LogP contribution is -2.68. The first-order chi connectivity index (χ1) is 25.1. The summed E-state index contributed by atoms with van der Waals surface area (Å²) in [5.74, 6) is 0.457. The second kappa shape index (κ2) is 14.3. The highest BCUT2D eigenvalue weighted by molar-refractivity contribution is 6.26. The van der Waals surface area contributed by atoms with Gasteiger partial charge in [0.1, 0.15) is 17.7 Å². The number of carbonyl (C=O) groups is 3. The van der Waals surface area contributed by atoms with Crippen LogP contribution in [0.5, 0.6) is 28.7 Å². The first-order valence-corrected chi connectivity index (χ1v) is 17.9. The van der Waals surface area contributed by atoms with Crippen LogP contribution in [0.25, 0.3) is 0 Å². The van der Waals surface area contributed by atoms with E-state index in [0.29, 0.717) is 64.7 Å². The molecule has 4 aliphatic heterocycles. The van der Waals surface area contributed by atoms with Crippen molar-refractivity contribution >= 4 is 29.4 Å². The molecular formula is C39H41ClN4O8. The molecule has 0 spiro atoms. The van der Waals surface area contributed by atoms with Crippen LogP contribution in [0, 0.1) is 25.2 Å². The molecule has 0 aliphatic carbocycles. The molecule has 3 aromatic rings. The van der Waals surface area contributed by atoms with Crippen LogP contribution in [0.1, 0.15) is 64.4 Å². The number of esters is 2. The van der Waals surface area contributed by atoms with E-state index >= 15 is 0 Å². The molecule has 7 rings (SSSR count). The molecule has 4 heterocycles. The maximum atomic E-state index is 13.5. The summed E-state index contributed by atoms with van der Waals surface area (Å²) in [6.07, 6.45) is 1.67. The van der Waals surface area contributed by atoms with Crippen molar-refractivity contribution in [2.45, 2.75) is 76.7 Å². The zero-order chi connectivity index (χ0) is 36.8. The number of benzene rings is 3. The number of nitrogens with zero attached hydrogens (tertiary/aromatic N) is 3. The van der Waals surface area contributed by atoms with Crippen molar-refractivity contribution in [2.24, 2.45) is 0 Å². The molecular weight excluding hydrogens is 688 g/mol. The maximum Gasteiger partial charge on any atom is 0.326 e. The number of amides is 1. The zero-order valence-corrected chi connectivity index (χ0v) is 30.5. The SMILES string of the molecule is COc1c(C)cc2c(c1OC(C)=O)[C@@H]1C3Cc4c(OC(=O)CCl)c(C)c5c(c4[C@H](CNC(=O)CCc4ccccc4)N3[C@@H](C#N)[C@H](C2)N1C)OCO5. The van der Waals surface area contributed by atoms with E-state index in [-0.39, 0.29) is 37.6 Å². The number of hydrogen-bond acceptors (Lipinski definition) is 11. The topological polar surface area (TPSA) is 140 Å². The molecule has 1 N–H and O–H groups in total. The van der Waals surface area contributed by atoms with Gasteiger partial charge in [0.25, 0.3) is 0 Å². The number of carbonyl (C=O) groups excluding carboxylic acids is 3. The third-order valence-electron chi connectivity index (χ3n) is 10.8. The Balaban J connectivity index is 1.40. The average molecular weight is 729 g/mol. The molecule has 12 nitrogen and oxygen atoms in total. The van der Waals surface area contributed by atoms with Crippen LogP contribution >= 0.6 is 11.6 Å². The van der Waals surface area contributed by atoms with Gasteiger partial charge in [0.2, 0.25) is 12.7 Å². The van der Waals surface area contributed by atoms with E-state index in [1.165, 1.54) is 6.92 Å². The highest BCUT2D eigenvalue weighted by Crippen LogP contribution is 2.58. The number of hydrogen-bond donors (Lipinski definition) is 1. The lowest BCUT2D eigenvalue weighted by molar-refractivity contribution is -0.132. The van der Waals surface area contributed by atoms with Crippen LogP contribution in [-0.4, -0.2) is 79.1 Å². The quantitative estimate of drug-likeness (QED) is 0.187. The summed E-state index contributed by atoms with van der Waals surface area (Å²) >= 11 is 5.95. The minimum absolute atomic E-state index is 0.0387. The van der Waals surface area contributed by atoms with Crippen molar-refractivity contribution in [2.75, 3.05) is 33.4 Å². The lowest BCUT2D eigenvalue weighted by atomic mass is 9.71. The monoisotopic (exact) mass is 728 g/mol. The van der Waals surface area contributed by atoms with Crippen molar-refractivity contribution in [3.8, 4) is 34.8 Å². The highest BCUT2D eigenvalue weighted by Gasteiger charge is 2.57. The molecule has 272 valence electrons. The molecule has 0 aromatic heterocycles. The lowest BCUT2D eigenvalue weighted by Gasteiger charge is -2.60. The van der Waals surface area contributed by atoms with E-state index < -0.39 is 36.1 Å². The number of rotatable bonds is 9. The van der Waals surface area contributed by atoms with Crippen LogP contribution in [-0.2, 0) is 33.6 Å². The third kappa shape index (κ3) is 6.00. The minimum Gasteiger partial charge on any atom is -0.493 e. The molecule has 0 saturated carbocycles. The summed E-state index contributed by atoms with van der Waals surface area (Å²) in [7, 11) is 3.53. The second-order valence-electron chi connectivity index (χ2n) is 13.7. The van der Waals surface area contributed by atoms with Crippen LogP contribution in [0.2, 0.25) is 0 Å². The normalized spacial score (nSPS) is 22.7. The van der Waals surface area contributed by atoms with Gasteiger partial charge in [-0.15, -0.1) is 11.6 Å². The van der Waals surface area contributed by atoms with Gasteiger partial charge in [-0.2, -0.15) is 5.26 Å². The van der Waals surface area contributed by atoms with Gasteiger partial charge in [0.15, 0.2) is 23.0 Å². The van der Waals surface area contributed by atoms with Crippen LogP contribution in [0.4, 0.5) is 0 Å². The number of halogens is 1. The number of aryl methyl sites for hydroxylation is 2. The Hall–Kier alpha value is -4.83. The number of ether oxygens (including phenoxy) is 5. The molecule has 1 unspecified atom stereocenters. The van der Waals surface area contributed by atoms with Crippen LogP contribution < -0.4 is 29.0 Å². The van der Waals surface area contributed by atoms with E-state index in [1.807, 2.05) is 44.3 Å². The van der Waals surface area contributed by atoms with Gasteiger partial charge in [-0.25, -0.2) is 0 Å². The third-order valence-corrected chi connectivity index (χ3v) is 11.0. The number of methoxy groups -OCH3 is 1. The predicted octanol–water partition coefficient (Wildman–Crippen LogP) is 4.63. The standard InChI is InChI=1S/C39H41ClN4O8/c1-20-13-24-14-26-28(17-41)44-27(34(43(26)4)32(24)39(35(20)48-5)51-22(3)45)15-25-33(29(44)18-42-30(46)12-11-23-9-7-6-8-10-23)38-37(49-19-50-38)21(2)36(25)52-31(47)16-40/h6-10,13,26-29,34H,11-12,14-16,18-19H2,1-5H3,(H,42,46)/t26-,27?,28-,29-,34-/m0/s1. The van der Waals surface area contributed by atoms with Crippen molar-refractivity contribution in [1.82, 2.24) is 15.1 Å². The van der Waals surface area contributed by atoms with Crippen molar-refractivity contribution in [1.29, 1.82) is 5.26 Å². The highest BCUT2D eigenvalue weighted by atomic mass is 35.5. The van der Waals surface area contributed by atoms with Gasteiger partial charge in [-0.05, 0) is 56.8 Å². The molecule has 1 saturated heterocycles. The van der Waals surface area contributed by atoms with Crippen LogP contribution in [0.15, 0.2) is 36.4 Å².